The molecule has 0 aliphatic heterocycles. The molecule has 3 nitrogen and oxygen atoms in total. The maximum Gasteiger partial charge on any atom is 0.206 e. The van der Waals surface area contributed by atoms with Gasteiger partial charge in [0.25, 0.3) is 0 Å². The zero-order valence-electron chi connectivity index (χ0n) is 6.63. The van der Waals surface area contributed by atoms with E-state index >= 15 is 0 Å². The normalized spacial score (nSPS) is 10.2. The van der Waals surface area contributed by atoms with E-state index in [9.17, 15) is 4.39 Å². The van der Waals surface area contributed by atoms with Crippen molar-refractivity contribution in [2.45, 2.75) is 6.54 Å². The van der Waals surface area contributed by atoms with Gasteiger partial charge in [-0.15, -0.1) is 0 Å². The lowest BCUT2D eigenvalue weighted by Crippen LogP contribution is -2.05. The Morgan fingerprint density at radius 2 is 2.08 bits per heavy atom. The summed E-state index contributed by atoms with van der Waals surface area (Å²) in [6.45, 7) is 0.364. The maximum absolute atomic E-state index is 12.8. The van der Waals surface area contributed by atoms with Crippen molar-refractivity contribution in [3.05, 3.63) is 23.5 Å². The third-order valence-corrected chi connectivity index (χ3v) is 1.55. The first-order valence-electron chi connectivity index (χ1n) is 3.50. The van der Waals surface area contributed by atoms with Crippen LogP contribution in [0.15, 0.2) is 12.1 Å². The van der Waals surface area contributed by atoms with E-state index in [4.69, 9.17) is 10.2 Å². The molecule has 0 heterocycles. The summed E-state index contributed by atoms with van der Waals surface area (Å²) in [4.78, 5) is 0. The van der Waals surface area contributed by atoms with Gasteiger partial charge in [-0.3, -0.25) is 0 Å². The molecule has 1 aromatic rings. The number of halogens is 1. The van der Waals surface area contributed by atoms with Gasteiger partial charge in [0, 0.05) is 12.1 Å². The number of benzene rings is 1. The fraction of sp³-hybridized carbons (Fsp3) is 0.250. The summed E-state index contributed by atoms with van der Waals surface area (Å²) in [5.41, 5.74) is 0.424. The largest absolute Gasteiger partial charge is 0.505 e. The molecule has 0 bridgehead atoms. The van der Waals surface area contributed by atoms with Crippen LogP contribution in [0, 0.1) is 5.82 Å². The molecule has 0 saturated carbocycles. The lowest BCUT2D eigenvalue weighted by atomic mass is 10.2. The Balaban J connectivity index is 3.08. The van der Waals surface area contributed by atoms with Crippen molar-refractivity contribution < 1.29 is 14.6 Å². The van der Waals surface area contributed by atoms with Crippen LogP contribution in [0.1, 0.15) is 5.56 Å². The molecule has 0 radical (unpaired) electrons. The van der Waals surface area contributed by atoms with Crippen LogP contribution in [-0.2, 0) is 6.54 Å². The molecule has 0 spiro atoms. The monoisotopic (exact) mass is 171 g/mol. The van der Waals surface area contributed by atoms with E-state index in [0.29, 0.717) is 12.1 Å². The number of aromatic hydroxyl groups is 2. The highest BCUT2D eigenvalue weighted by Gasteiger charge is 2.10. The first-order chi connectivity index (χ1) is 5.66. The second kappa shape index (κ2) is 3.40. The molecule has 0 aliphatic carbocycles. The first kappa shape index (κ1) is 8.80. The number of hydrogen-bond acceptors (Lipinski definition) is 3. The van der Waals surface area contributed by atoms with Crippen LogP contribution < -0.4 is 5.32 Å². The van der Waals surface area contributed by atoms with Crippen LogP contribution in [0.3, 0.4) is 0 Å². The predicted molar refractivity (Wildman–Crippen MR) is 42.5 cm³/mol. The van der Waals surface area contributed by atoms with Crippen LogP contribution in [0.25, 0.3) is 0 Å². The molecule has 66 valence electrons. The van der Waals surface area contributed by atoms with Crippen LogP contribution in [0.4, 0.5) is 4.39 Å². The summed E-state index contributed by atoms with van der Waals surface area (Å²) in [7, 11) is 1.68. The average molecular weight is 171 g/mol. The number of rotatable bonds is 2. The summed E-state index contributed by atoms with van der Waals surface area (Å²) >= 11 is 0. The molecule has 4 heteroatoms. The van der Waals surface area contributed by atoms with E-state index in [-0.39, 0.29) is 0 Å². The Hall–Kier alpha value is -1.29. The Bertz CT molecular complexity index is 289. The third kappa shape index (κ3) is 1.48. The van der Waals surface area contributed by atoms with Crippen molar-refractivity contribution in [1.29, 1.82) is 0 Å². The maximum atomic E-state index is 12.8. The molecule has 3 N–H and O–H groups in total. The summed E-state index contributed by atoms with van der Waals surface area (Å²) < 4.78 is 12.8. The summed E-state index contributed by atoms with van der Waals surface area (Å²) in [5, 5.41) is 20.7. The average Bonchev–Trinajstić information content (AvgIpc) is 2.07. The van der Waals surface area contributed by atoms with Crippen LogP contribution >= 0.6 is 0 Å². The Labute approximate surface area is 69.5 Å². The van der Waals surface area contributed by atoms with Gasteiger partial charge in [-0.05, 0) is 13.1 Å². The topological polar surface area (TPSA) is 52.5 Å². The molecule has 1 aromatic carbocycles. The molecule has 1 rings (SSSR count). The summed E-state index contributed by atoms with van der Waals surface area (Å²) in [5.74, 6) is -2.00. The van der Waals surface area contributed by atoms with Gasteiger partial charge in [-0.1, -0.05) is 6.07 Å². The predicted octanol–water partition coefficient (Wildman–Crippen LogP) is 0.956. The summed E-state index contributed by atoms with van der Waals surface area (Å²) in [6.07, 6.45) is 0. The van der Waals surface area contributed by atoms with Crippen LogP contribution in [0.5, 0.6) is 11.5 Å². The molecular weight excluding hydrogens is 161 g/mol. The van der Waals surface area contributed by atoms with Gasteiger partial charge >= 0.3 is 0 Å². The highest BCUT2D eigenvalue weighted by molar-refractivity contribution is 5.40. The molecule has 0 saturated heterocycles. The second-order valence-corrected chi connectivity index (χ2v) is 2.44. The smallest absolute Gasteiger partial charge is 0.206 e. The zero-order valence-corrected chi connectivity index (χ0v) is 6.63. The van der Waals surface area contributed by atoms with E-state index in [0.717, 1.165) is 0 Å². The van der Waals surface area contributed by atoms with E-state index in [1.54, 1.807) is 7.05 Å². The van der Waals surface area contributed by atoms with Gasteiger partial charge in [0.2, 0.25) is 5.82 Å². The van der Waals surface area contributed by atoms with Crippen molar-refractivity contribution in [1.82, 2.24) is 5.32 Å². The molecule has 0 atom stereocenters. The van der Waals surface area contributed by atoms with Crippen molar-refractivity contribution in [2.75, 3.05) is 7.05 Å². The molecule has 0 fully saturated rings. The lowest BCUT2D eigenvalue weighted by Gasteiger charge is -2.04. The molecular formula is C8H10FNO2. The summed E-state index contributed by atoms with van der Waals surface area (Å²) in [6, 6.07) is 2.67. The van der Waals surface area contributed by atoms with Crippen LogP contribution in [0.2, 0.25) is 0 Å². The molecule has 0 aliphatic rings. The van der Waals surface area contributed by atoms with Crippen molar-refractivity contribution in [3.8, 4) is 11.5 Å². The first-order valence-corrected chi connectivity index (χ1v) is 3.50. The fourth-order valence-corrected chi connectivity index (χ4v) is 0.927. The van der Waals surface area contributed by atoms with Gasteiger partial charge in [0.15, 0.2) is 11.5 Å². The van der Waals surface area contributed by atoms with Crippen molar-refractivity contribution >= 4 is 0 Å². The van der Waals surface area contributed by atoms with E-state index in [1.807, 2.05) is 0 Å². The van der Waals surface area contributed by atoms with Crippen molar-refractivity contribution in [2.24, 2.45) is 0 Å². The minimum Gasteiger partial charge on any atom is -0.505 e. The van der Waals surface area contributed by atoms with E-state index in [2.05, 4.69) is 5.32 Å². The van der Waals surface area contributed by atoms with Gasteiger partial charge < -0.3 is 15.5 Å². The third-order valence-electron chi connectivity index (χ3n) is 1.55. The standard InChI is InChI=1S/C8H10FNO2/c1-10-4-5-2-3-6(11)7(9)8(5)12/h2-3,10-12H,4H2,1H3. The number of phenolic OH excluding ortho intramolecular Hbond substituents is 2. The molecule has 0 amide bonds. The SMILES string of the molecule is CNCc1ccc(O)c(F)c1O. The minimum atomic E-state index is -0.970. The lowest BCUT2D eigenvalue weighted by molar-refractivity contribution is 0.384. The molecule has 12 heavy (non-hydrogen) atoms. The van der Waals surface area contributed by atoms with E-state index in [1.165, 1.54) is 12.1 Å². The Morgan fingerprint density at radius 3 is 2.67 bits per heavy atom. The quantitative estimate of drug-likeness (QED) is 0.621. The van der Waals surface area contributed by atoms with Gasteiger partial charge in [-0.2, -0.15) is 4.39 Å². The van der Waals surface area contributed by atoms with Gasteiger partial charge in [0.05, 0.1) is 0 Å². The zero-order chi connectivity index (χ0) is 9.14. The highest BCUT2D eigenvalue weighted by atomic mass is 19.1. The Morgan fingerprint density at radius 1 is 1.42 bits per heavy atom. The van der Waals surface area contributed by atoms with Gasteiger partial charge in [0.1, 0.15) is 0 Å². The number of hydrogen-bond donors (Lipinski definition) is 3. The number of nitrogens with one attached hydrogen (secondary N) is 1. The van der Waals surface area contributed by atoms with Crippen LogP contribution in [-0.4, -0.2) is 17.3 Å². The van der Waals surface area contributed by atoms with Gasteiger partial charge in [-0.25, -0.2) is 0 Å². The van der Waals surface area contributed by atoms with E-state index < -0.39 is 17.3 Å². The minimum absolute atomic E-state index is 0.364. The number of phenols is 2. The molecule has 0 aromatic heterocycles. The molecule has 0 unspecified atom stereocenters. The second-order valence-electron chi connectivity index (χ2n) is 2.44. The fourth-order valence-electron chi connectivity index (χ4n) is 0.927. The van der Waals surface area contributed by atoms with Crippen molar-refractivity contribution in [3.63, 3.8) is 0 Å². The highest BCUT2D eigenvalue weighted by Crippen LogP contribution is 2.27. The Kier molecular flexibility index (Phi) is 2.50.